The molecule has 0 unspecified atom stereocenters. The van der Waals surface area contributed by atoms with Crippen molar-refractivity contribution < 1.29 is 0 Å². The maximum atomic E-state index is 5.87. The van der Waals surface area contributed by atoms with Gasteiger partial charge in [0.1, 0.15) is 0 Å². The number of aromatic nitrogens is 4. The van der Waals surface area contributed by atoms with Gasteiger partial charge in [0, 0.05) is 12.1 Å². The van der Waals surface area contributed by atoms with Crippen molar-refractivity contribution in [1.82, 2.24) is 20.2 Å². The van der Waals surface area contributed by atoms with Crippen LogP contribution in [0.4, 0.5) is 5.69 Å². The lowest BCUT2D eigenvalue weighted by atomic mass is 10.1. The molecule has 1 aromatic heterocycles. The molecule has 16 heavy (non-hydrogen) atoms. The Morgan fingerprint density at radius 1 is 1.38 bits per heavy atom. The van der Waals surface area contributed by atoms with Crippen molar-refractivity contribution in [3.8, 4) is 5.69 Å². The third-order valence-corrected chi connectivity index (χ3v) is 2.58. The van der Waals surface area contributed by atoms with Gasteiger partial charge in [0.05, 0.1) is 5.69 Å². The van der Waals surface area contributed by atoms with E-state index in [-0.39, 0.29) is 0 Å². The summed E-state index contributed by atoms with van der Waals surface area (Å²) < 4.78 is 1.76. The Hall–Kier alpha value is -1.91. The van der Waals surface area contributed by atoms with E-state index in [2.05, 4.69) is 22.4 Å². The molecule has 0 saturated carbocycles. The third kappa shape index (κ3) is 1.76. The van der Waals surface area contributed by atoms with Gasteiger partial charge in [0.2, 0.25) is 0 Å². The summed E-state index contributed by atoms with van der Waals surface area (Å²) >= 11 is 0. The van der Waals surface area contributed by atoms with Gasteiger partial charge in [-0.05, 0) is 41.5 Å². The van der Waals surface area contributed by atoms with E-state index in [9.17, 15) is 0 Å². The first-order chi connectivity index (χ1) is 7.74. The fourth-order valence-corrected chi connectivity index (χ4v) is 1.64. The molecule has 0 spiro atoms. The predicted octanol–water partition coefficient (Wildman–Crippen LogP) is 1.51. The number of nitrogens with zero attached hydrogens (tertiary/aromatic N) is 4. The summed E-state index contributed by atoms with van der Waals surface area (Å²) in [4.78, 5) is 0. The van der Waals surface area contributed by atoms with Gasteiger partial charge < -0.3 is 5.73 Å². The van der Waals surface area contributed by atoms with Crippen molar-refractivity contribution >= 4 is 5.69 Å². The molecule has 0 radical (unpaired) electrons. The molecule has 0 aliphatic heterocycles. The van der Waals surface area contributed by atoms with E-state index >= 15 is 0 Å². The number of benzene rings is 1. The molecule has 84 valence electrons. The van der Waals surface area contributed by atoms with E-state index in [1.54, 1.807) is 4.68 Å². The molecular formula is C11H15N5. The summed E-state index contributed by atoms with van der Waals surface area (Å²) in [6.07, 6.45) is 1.88. The molecule has 1 aromatic carbocycles. The highest BCUT2D eigenvalue weighted by atomic mass is 15.5. The standard InChI is InChI=1S/C11H15N5/c1-3-5-11-13-14-15-16(11)10-7-4-6-9(12)8(10)2/h4,6-7H,3,5,12H2,1-2H3. The summed E-state index contributed by atoms with van der Waals surface area (Å²) in [6, 6.07) is 5.76. The molecule has 5 heteroatoms. The van der Waals surface area contributed by atoms with Crippen LogP contribution in [0.2, 0.25) is 0 Å². The lowest BCUT2D eigenvalue weighted by molar-refractivity contribution is 0.742. The number of hydrogen-bond donors (Lipinski definition) is 1. The van der Waals surface area contributed by atoms with Crippen LogP contribution in [0.3, 0.4) is 0 Å². The lowest BCUT2D eigenvalue weighted by Gasteiger charge is -2.08. The van der Waals surface area contributed by atoms with Crippen LogP contribution in [0, 0.1) is 6.92 Å². The Morgan fingerprint density at radius 2 is 2.19 bits per heavy atom. The molecule has 0 atom stereocenters. The van der Waals surface area contributed by atoms with Crippen molar-refractivity contribution in [3.05, 3.63) is 29.6 Å². The third-order valence-electron chi connectivity index (χ3n) is 2.58. The van der Waals surface area contributed by atoms with Crippen LogP contribution in [0.1, 0.15) is 24.7 Å². The Labute approximate surface area is 94.3 Å². The highest BCUT2D eigenvalue weighted by molar-refractivity contribution is 5.56. The average Bonchev–Trinajstić information content (AvgIpc) is 2.71. The molecule has 0 fully saturated rings. The van der Waals surface area contributed by atoms with Crippen LogP contribution in [0.5, 0.6) is 0 Å². The summed E-state index contributed by atoms with van der Waals surface area (Å²) in [5, 5.41) is 11.7. The van der Waals surface area contributed by atoms with Gasteiger partial charge in [-0.3, -0.25) is 0 Å². The molecule has 0 aliphatic rings. The van der Waals surface area contributed by atoms with Crippen LogP contribution in [-0.2, 0) is 6.42 Å². The van der Waals surface area contributed by atoms with Gasteiger partial charge in [0.15, 0.2) is 5.82 Å². The van der Waals surface area contributed by atoms with Crippen molar-refractivity contribution in [2.24, 2.45) is 0 Å². The quantitative estimate of drug-likeness (QED) is 0.791. The van der Waals surface area contributed by atoms with Gasteiger partial charge in [-0.15, -0.1) is 5.10 Å². The minimum atomic E-state index is 0.760. The molecule has 1 heterocycles. The molecule has 0 saturated heterocycles. The number of nitrogens with two attached hydrogens (primary N) is 1. The van der Waals surface area contributed by atoms with E-state index in [1.807, 2.05) is 25.1 Å². The molecule has 0 bridgehead atoms. The van der Waals surface area contributed by atoms with Gasteiger partial charge in [0.25, 0.3) is 0 Å². The minimum Gasteiger partial charge on any atom is -0.398 e. The van der Waals surface area contributed by atoms with Crippen LogP contribution in [0.15, 0.2) is 18.2 Å². The highest BCUT2D eigenvalue weighted by Gasteiger charge is 2.10. The predicted molar refractivity (Wildman–Crippen MR) is 62.3 cm³/mol. The van der Waals surface area contributed by atoms with Gasteiger partial charge in [-0.1, -0.05) is 13.0 Å². The van der Waals surface area contributed by atoms with Crippen molar-refractivity contribution in [1.29, 1.82) is 0 Å². The first kappa shape index (κ1) is 10.6. The first-order valence-electron chi connectivity index (χ1n) is 5.36. The molecular weight excluding hydrogens is 202 g/mol. The van der Waals surface area contributed by atoms with E-state index in [0.717, 1.165) is 35.6 Å². The Kier molecular flexibility index (Phi) is 2.85. The second-order valence-electron chi connectivity index (χ2n) is 3.75. The fourth-order valence-electron chi connectivity index (χ4n) is 1.64. The SMILES string of the molecule is CCCc1nnnn1-c1cccc(N)c1C. The zero-order chi connectivity index (χ0) is 11.5. The smallest absolute Gasteiger partial charge is 0.156 e. The number of nitrogen functional groups attached to an aromatic ring is 1. The number of tetrazole rings is 1. The molecule has 2 rings (SSSR count). The van der Waals surface area contributed by atoms with Crippen molar-refractivity contribution in [3.63, 3.8) is 0 Å². The largest absolute Gasteiger partial charge is 0.398 e. The second kappa shape index (κ2) is 4.30. The molecule has 2 N–H and O–H groups in total. The van der Waals surface area contributed by atoms with Crippen LogP contribution in [-0.4, -0.2) is 20.2 Å². The van der Waals surface area contributed by atoms with Crippen molar-refractivity contribution in [2.45, 2.75) is 26.7 Å². The van der Waals surface area contributed by atoms with E-state index in [0.29, 0.717) is 0 Å². The summed E-state index contributed by atoms with van der Waals surface area (Å²) in [5.41, 5.74) is 8.59. The lowest BCUT2D eigenvalue weighted by Crippen LogP contribution is -2.06. The maximum absolute atomic E-state index is 5.87. The molecule has 0 amide bonds. The van der Waals surface area contributed by atoms with Gasteiger partial charge in [-0.25, -0.2) is 0 Å². The van der Waals surface area contributed by atoms with Crippen LogP contribution < -0.4 is 5.73 Å². The monoisotopic (exact) mass is 217 g/mol. The fraction of sp³-hybridized carbons (Fsp3) is 0.364. The van der Waals surface area contributed by atoms with Gasteiger partial charge >= 0.3 is 0 Å². The maximum Gasteiger partial charge on any atom is 0.156 e. The van der Waals surface area contributed by atoms with E-state index in [1.165, 1.54) is 0 Å². The number of rotatable bonds is 3. The number of aryl methyl sites for hydroxylation is 1. The minimum absolute atomic E-state index is 0.760. The normalized spacial score (nSPS) is 10.6. The summed E-state index contributed by atoms with van der Waals surface area (Å²) in [5.74, 6) is 0.871. The first-order valence-corrected chi connectivity index (χ1v) is 5.36. The molecule has 2 aromatic rings. The Morgan fingerprint density at radius 3 is 2.94 bits per heavy atom. The average molecular weight is 217 g/mol. The Balaban J connectivity index is 2.50. The van der Waals surface area contributed by atoms with Crippen LogP contribution >= 0.6 is 0 Å². The summed E-state index contributed by atoms with van der Waals surface area (Å²) in [6.45, 7) is 4.08. The Bertz CT molecular complexity index is 489. The molecule has 0 aliphatic carbocycles. The molecule has 5 nitrogen and oxygen atoms in total. The van der Waals surface area contributed by atoms with Crippen molar-refractivity contribution in [2.75, 3.05) is 5.73 Å². The number of hydrogen-bond acceptors (Lipinski definition) is 4. The van der Waals surface area contributed by atoms with Crippen LogP contribution in [0.25, 0.3) is 5.69 Å². The van der Waals surface area contributed by atoms with E-state index < -0.39 is 0 Å². The zero-order valence-electron chi connectivity index (χ0n) is 9.51. The zero-order valence-corrected chi connectivity index (χ0v) is 9.51. The second-order valence-corrected chi connectivity index (χ2v) is 3.75. The van der Waals surface area contributed by atoms with E-state index in [4.69, 9.17) is 5.73 Å². The van der Waals surface area contributed by atoms with Gasteiger partial charge in [-0.2, -0.15) is 4.68 Å². The summed E-state index contributed by atoms with van der Waals surface area (Å²) in [7, 11) is 0. The highest BCUT2D eigenvalue weighted by Crippen LogP contribution is 2.19. The number of anilines is 1. The topological polar surface area (TPSA) is 69.6 Å².